The number of ether oxygens (including phenoxy) is 2. The topological polar surface area (TPSA) is 69.7 Å². The number of thioether (sulfide) groups is 1. The first-order chi connectivity index (χ1) is 11.0. The number of hydrogen-bond acceptors (Lipinski definition) is 6. The summed E-state index contributed by atoms with van der Waals surface area (Å²) in [6, 6.07) is 7.68. The Hall–Kier alpha value is -2.08. The van der Waals surface area contributed by atoms with Gasteiger partial charge in [0.1, 0.15) is 0 Å². The summed E-state index contributed by atoms with van der Waals surface area (Å²) in [6.45, 7) is 1.98. The van der Waals surface area contributed by atoms with Gasteiger partial charge in [0, 0.05) is 11.3 Å². The van der Waals surface area contributed by atoms with Gasteiger partial charge in [-0.1, -0.05) is 41.6 Å². The number of methoxy groups -OCH3 is 2. The second-order valence-corrected chi connectivity index (χ2v) is 5.93. The van der Waals surface area contributed by atoms with Gasteiger partial charge < -0.3 is 9.47 Å². The second kappa shape index (κ2) is 9.84. The molecule has 0 aliphatic rings. The Balaban J connectivity index is 2.47. The van der Waals surface area contributed by atoms with Crippen LogP contribution in [-0.2, 0) is 23.9 Å². The first-order valence-electron chi connectivity index (χ1n) is 7.06. The summed E-state index contributed by atoms with van der Waals surface area (Å²) in [5.41, 5.74) is 1.14. The van der Waals surface area contributed by atoms with Crippen molar-refractivity contribution in [3.8, 4) is 0 Å². The molecule has 1 rings (SSSR count). The molecule has 0 spiro atoms. The largest absolute Gasteiger partial charge is 0.468 e. The minimum Gasteiger partial charge on any atom is -0.468 e. The van der Waals surface area contributed by atoms with E-state index in [4.69, 9.17) is 0 Å². The summed E-state index contributed by atoms with van der Waals surface area (Å²) in [7, 11) is 2.42. The molecule has 0 saturated heterocycles. The van der Waals surface area contributed by atoms with Crippen molar-refractivity contribution in [2.24, 2.45) is 5.92 Å². The molecule has 6 heteroatoms. The fourth-order valence-corrected chi connectivity index (χ4v) is 2.48. The van der Waals surface area contributed by atoms with Crippen LogP contribution in [0.3, 0.4) is 0 Å². The molecule has 0 aliphatic carbocycles. The van der Waals surface area contributed by atoms with Crippen molar-refractivity contribution in [3.05, 3.63) is 42.0 Å². The molecule has 0 radical (unpaired) electrons. The first-order valence-corrected chi connectivity index (χ1v) is 7.87. The van der Waals surface area contributed by atoms with E-state index in [0.29, 0.717) is 0 Å². The van der Waals surface area contributed by atoms with Gasteiger partial charge in [-0.05, 0) is 25.5 Å². The Morgan fingerprint density at radius 2 is 1.61 bits per heavy atom. The van der Waals surface area contributed by atoms with Gasteiger partial charge in [0.05, 0.1) is 14.2 Å². The molecule has 0 N–H and O–H groups in total. The summed E-state index contributed by atoms with van der Waals surface area (Å²) < 4.78 is 9.11. The van der Waals surface area contributed by atoms with E-state index in [1.807, 2.05) is 31.2 Å². The summed E-state index contributed by atoms with van der Waals surface area (Å²) in [5, 5.41) is -0.0159. The van der Waals surface area contributed by atoms with Gasteiger partial charge in [-0.25, -0.2) is 0 Å². The standard InChI is InChI=1S/C17H20O5S/c1-12-8-10-13(11-9-12)23-15(18)7-5-4-6-14(16(19)21-2)17(20)22-3/h4-5,8-11,14H,6-7H2,1-3H3/b5-4+. The van der Waals surface area contributed by atoms with Crippen molar-refractivity contribution in [1.82, 2.24) is 0 Å². The summed E-state index contributed by atoms with van der Waals surface area (Å²) in [4.78, 5) is 35.7. The van der Waals surface area contributed by atoms with Crippen LogP contribution in [0.1, 0.15) is 18.4 Å². The monoisotopic (exact) mass is 336 g/mol. The molecule has 0 aromatic heterocycles. The van der Waals surface area contributed by atoms with Crippen molar-refractivity contribution in [1.29, 1.82) is 0 Å². The van der Waals surface area contributed by atoms with Crippen molar-refractivity contribution in [2.45, 2.75) is 24.7 Å². The zero-order chi connectivity index (χ0) is 17.2. The van der Waals surface area contributed by atoms with Gasteiger partial charge in [-0.15, -0.1) is 0 Å². The van der Waals surface area contributed by atoms with Crippen LogP contribution in [0.4, 0.5) is 0 Å². The average molecular weight is 336 g/mol. The third-order valence-corrected chi connectivity index (χ3v) is 3.95. The lowest BCUT2D eigenvalue weighted by Gasteiger charge is -2.09. The molecule has 0 bridgehead atoms. The van der Waals surface area contributed by atoms with Crippen LogP contribution in [0.2, 0.25) is 0 Å². The molecule has 1 aromatic carbocycles. The molecule has 0 saturated carbocycles. The average Bonchev–Trinajstić information content (AvgIpc) is 2.55. The predicted octanol–water partition coefficient (Wildman–Crippen LogP) is 2.91. The Kier molecular flexibility index (Phi) is 8.11. The molecular weight excluding hydrogens is 316 g/mol. The summed E-state index contributed by atoms with van der Waals surface area (Å²) in [5.74, 6) is -2.30. The third-order valence-electron chi connectivity index (χ3n) is 3.05. The maximum absolute atomic E-state index is 11.9. The maximum Gasteiger partial charge on any atom is 0.320 e. The molecule has 0 heterocycles. The van der Waals surface area contributed by atoms with E-state index in [1.54, 1.807) is 12.2 Å². The lowest BCUT2D eigenvalue weighted by Crippen LogP contribution is -2.25. The lowest BCUT2D eigenvalue weighted by atomic mass is 10.1. The minimum atomic E-state index is -0.999. The summed E-state index contributed by atoms with van der Waals surface area (Å²) in [6.07, 6.45) is 3.62. The van der Waals surface area contributed by atoms with Crippen LogP contribution in [0.15, 0.2) is 41.3 Å². The zero-order valence-corrected chi connectivity index (χ0v) is 14.2. The van der Waals surface area contributed by atoms with E-state index >= 15 is 0 Å². The highest BCUT2D eigenvalue weighted by Crippen LogP contribution is 2.20. The maximum atomic E-state index is 11.9. The van der Waals surface area contributed by atoms with E-state index in [-0.39, 0.29) is 18.0 Å². The second-order valence-electron chi connectivity index (χ2n) is 4.80. The Bertz CT molecular complexity index is 561. The number of carbonyl (C=O) groups is 3. The molecule has 5 nitrogen and oxygen atoms in total. The van der Waals surface area contributed by atoms with Gasteiger partial charge in [0.25, 0.3) is 0 Å². The quantitative estimate of drug-likeness (QED) is 0.330. The SMILES string of the molecule is COC(=O)C(C/C=C/CC(=O)Sc1ccc(C)cc1)C(=O)OC. The molecule has 1 aromatic rings. The highest BCUT2D eigenvalue weighted by Gasteiger charge is 2.27. The number of hydrogen-bond donors (Lipinski definition) is 0. The van der Waals surface area contributed by atoms with Gasteiger partial charge >= 0.3 is 11.9 Å². The smallest absolute Gasteiger partial charge is 0.320 e. The van der Waals surface area contributed by atoms with Crippen LogP contribution < -0.4 is 0 Å². The third kappa shape index (κ3) is 6.69. The van der Waals surface area contributed by atoms with E-state index in [9.17, 15) is 14.4 Å². The van der Waals surface area contributed by atoms with E-state index in [2.05, 4.69) is 9.47 Å². The van der Waals surface area contributed by atoms with Crippen LogP contribution in [0.5, 0.6) is 0 Å². The predicted molar refractivity (Wildman–Crippen MR) is 87.9 cm³/mol. The van der Waals surface area contributed by atoms with Gasteiger partial charge in [-0.2, -0.15) is 0 Å². The molecule has 23 heavy (non-hydrogen) atoms. The molecule has 0 fully saturated rings. The van der Waals surface area contributed by atoms with Crippen LogP contribution in [0, 0.1) is 12.8 Å². The number of rotatable bonds is 7. The highest BCUT2D eigenvalue weighted by molar-refractivity contribution is 8.13. The van der Waals surface area contributed by atoms with Gasteiger partial charge in [0.15, 0.2) is 11.0 Å². The number of carbonyl (C=O) groups excluding carboxylic acids is 3. The fourth-order valence-electron chi connectivity index (χ4n) is 1.76. The molecule has 124 valence electrons. The number of benzene rings is 1. The molecule has 0 atom stereocenters. The number of allylic oxidation sites excluding steroid dienone is 2. The van der Waals surface area contributed by atoms with Crippen molar-refractivity contribution in [3.63, 3.8) is 0 Å². The summed E-state index contributed by atoms with van der Waals surface area (Å²) >= 11 is 1.16. The molecule has 0 amide bonds. The van der Waals surface area contributed by atoms with E-state index in [0.717, 1.165) is 22.2 Å². The molecular formula is C17H20O5S. The van der Waals surface area contributed by atoms with Crippen LogP contribution in [-0.4, -0.2) is 31.3 Å². The van der Waals surface area contributed by atoms with Gasteiger partial charge in [-0.3, -0.25) is 14.4 Å². The highest BCUT2D eigenvalue weighted by atomic mass is 32.2. The van der Waals surface area contributed by atoms with Crippen molar-refractivity contribution in [2.75, 3.05) is 14.2 Å². The van der Waals surface area contributed by atoms with E-state index < -0.39 is 17.9 Å². The number of esters is 2. The van der Waals surface area contributed by atoms with Crippen LogP contribution in [0.25, 0.3) is 0 Å². The Labute approximate surface area is 140 Å². The van der Waals surface area contributed by atoms with E-state index in [1.165, 1.54) is 14.2 Å². The molecule has 0 unspecified atom stereocenters. The first kappa shape index (κ1) is 19.0. The molecule has 0 aliphatic heterocycles. The van der Waals surface area contributed by atoms with Gasteiger partial charge in [0.2, 0.25) is 0 Å². The fraction of sp³-hybridized carbons (Fsp3) is 0.353. The Morgan fingerprint density at radius 1 is 1.04 bits per heavy atom. The normalized spacial score (nSPS) is 10.8. The minimum absolute atomic E-state index is 0.0159. The zero-order valence-electron chi connectivity index (χ0n) is 13.4. The van der Waals surface area contributed by atoms with Crippen molar-refractivity contribution < 1.29 is 23.9 Å². The van der Waals surface area contributed by atoms with Crippen LogP contribution >= 0.6 is 11.8 Å². The Morgan fingerprint density at radius 3 is 2.13 bits per heavy atom. The van der Waals surface area contributed by atoms with Crippen molar-refractivity contribution >= 4 is 28.8 Å². The lowest BCUT2D eigenvalue weighted by molar-refractivity contribution is -0.158. The number of aryl methyl sites for hydroxylation is 1.